The van der Waals surface area contributed by atoms with Crippen molar-refractivity contribution in [3.05, 3.63) is 48.3 Å². The summed E-state index contributed by atoms with van der Waals surface area (Å²) >= 11 is 1.54. The van der Waals surface area contributed by atoms with Gasteiger partial charge in [-0.25, -0.2) is 19.3 Å². The van der Waals surface area contributed by atoms with Gasteiger partial charge in [0.25, 0.3) is 0 Å². The maximum atomic E-state index is 13.1. The van der Waals surface area contributed by atoms with Crippen LogP contribution in [0.25, 0.3) is 10.2 Å². The molecule has 182 valence electrons. The van der Waals surface area contributed by atoms with Gasteiger partial charge in [-0.15, -0.1) is 0 Å². The molecular weight excluding hydrogens is 453 g/mol. The van der Waals surface area contributed by atoms with Gasteiger partial charge in [-0.3, -0.25) is 0 Å². The largest absolute Gasteiger partial charge is 0.347 e. The Bertz CT molecular complexity index is 1040. The van der Waals surface area contributed by atoms with E-state index in [1.807, 2.05) is 11.9 Å². The van der Waals surface area contributed by atoms with E-state index in [1.54, 1.807) is 29.8 Å². The van der Waals surface area contributed by atoms with Gasteiger partial charge >= 0.3 is 0 Å². The van der Waals surface area contributed by atoms with Crippen molar-refractivity contribution in [2.45, 2.75) is 38.6 Å². The third kappa shape index (κ3) is 8.53. The van der Waals surface area contributed by atoms with E-state index in [1.165, 1.54) is 31.3 Å². The highest BCUT2D eigenvalue weighted by Gasteiger charge is 2.19. The van der Waals surface area contributed by atoms with E-state index in [2.05, 4.69) is 26.9 Å². The molecule has 3 heterocycles. The molecule has 2 aliphatic rings. The lowest BCUT2D eigenvalue weighted by atomic mass is 9.99. The molecule has 1 saturated heterocycles. The Morgan fingerprint density at radius 1 is 1.15 bits per heavy atom. The van der Waals surface area contributed by atoms with Crippen LogP contribution in [0.15, 0.2) is 36.9 Å². The second kappa shape index (κ2) is 13.2. The lowest BCUT2D eigenvalue weighted by molar-refractivity contribution is -0.112. The van der Waals surface area contributed by atoms with Crippen molar-refractivity contribution < 1.29 is 14.0 Å². The van der Waals surface area contributed by atoms with E-state index in [-0.39, 0.29) is 5.82 Å². The van der Waals surface area contributed by atoms with Crippen LogP contribution < -0.4 is 4.90 Å². The summed E-state index contributed by atoms with van der Waals surface area (Å²) in [6.45, 7) is 2.84. The first-order valence-corrected chi connectivity index (χ1v) is 12.4. The Morgan fingerprint density at radius 2 is 1.85 bits per heavy atom. The van der Waals surface area contributed by atoms with Crippen LogP contribution in [-0.4, -0.2) is 59.6 Å². The summed E-state index contributed by atoms with van der Waals surface area (Å²) in [5.74, 6) is 0.868. The molecule has 5 rings (SSSR count). The number of thiazole rings is 1. The zero-order valence-corrected chi connectivity index (χ0v) is 20.6. The zero-order chi connectivity index (χ0) is 24.3. The number of hydrogen-bond acceptors (Lipinski definition) is 8. The summed E-state index contributed by atoms with van der Waals surface area (Å²) < 4.78 is 14.1. The monoisotopic (exact) mass is 485 g/mol. The molecule has 3 aromatic rings. The number of benzene rings is 1. The van der Waals surface area contributed by atoms with Crippen LogP contribution in [0.5, 0.6) is 0 Å². The third-order valence-electron chi connectivity index (χ3n) is 5.78. The summed E-state index contributed by atoms with van der Waals surface area (Å²) in [6, 6.07) is 4.66. The number of nitrogens with zero attached hydrogens (tertiary/aromatic N) is 5. The van der Waals surface area contributed by atoms with Gasteiger partial charge in [-0.05, 0) is 63.9 Å². The first-order chi connectivity index (χ1) is 16.5. The smallest absolute Gasteiger partial charge is 0.186 e. The minimum absolute atomic E-state index is 0.261. The summed E-state index contributed by atoms with van der Waals surface area (Å²) in [4.78, 5) is 36.6. The Labute approximate surface area is 204 Å². The van der Waals surface area contributed by atoms with Gasteiger partial charge in [0.15, 0.2) is 5.13 Å². The van der Waals surface area contributed by atoms with Gasteiger partial charge in [0.2, 0.25) is 0 Å². The lowest BCUT2D eigenvalue weighted by Crippen LogP contribution is -2.30. The summed E-state index contributed by atoms with van der Waals surface area (Å²) in [5.41, 5.74) is 1.70. The quantitative estimate of drug-likeness (QED) is 0.480. The number of carbonyl (C=O) groups is 2. The summed E-state index contributed by atoms with van der Waals surface area (Å²) in [5, 5.41) is 0.851. The van der Waals surface area contributed by atoms with Crippen molar-refractivity contribution in [2.75, 3.05) is 32.1 Å². The molecule has 2 fully saturated rings. The van der Waals surface area contributed by atoms with Gasteiger partial charge in [-0.1, -0.05) is 11.3 Å². The molecular formula is C25H32FN5O2S. The number of likely N-dealkylation sites (tertiary alicyclic amines) is 1. The minimum Gasteiger partial charge on any atom is -0.347 e. The highest BCUT2D eigenvalue weighted by atomic mass is 32.1. The number of hydrogen-bond donors (Lipinski definition) is 0. The van der Waals surface area contributed by atoms with E-state index in [0.717, 1.165) is 66.2 Å². The second-order valence-corrected chi connectivity index (χ2v) is 9.84. The number of carbonyl (C=O) groups excluding carboxylic acids is 2. The molecule has 0 spiro atoms. The maximum absolute atomic E-state index is 13.1. The van der Waals surface area contributed by atoms with Crippen molar-refractivity contribution in [3.8, 4) is 0 Å². The molecule has 0 atom stereocenters. The van der Waals surface area contributed by atoms with Crippen LogP contribution in [0.3, 0.4) is 0 Å². The number of piperidine rings is 1. The topological polar surface area (TPSA) is 79.3 Å². The van der Waals surface area contributed by atoms with Gasteiger partial charge in [0.05, 0.1) is 10.2 Å². The molecule has 0 amide bonds. The van der Waals surface area contributed by atoms with Crippen molar-refractivity contribution in [2.24, 2.45) is 11.8 Å². The van der Waals surface area contributed by atoms with Crippen molar-refractivity contribution >= 4 is 39.3 Å². The fraction of sp³-hybridized carbons (Fsp3) is 0.480. The zero-order valence-electron chi connectivity index (χ0n) is 19.8. The minimum atomic E-state index is -0.261. The maximum Gasteiger partial charge on any atom is 0.186 e. The number of fused-ring (bicyclic) bond motifs is 1. The molecule has 0 bridgehead atoms. The van der Waals surface area contributed by atoms with Crippen LogP contribution in [0.2, 0.25) is 0 Å². The number of aromatic nitrogens is 3. The van der Waals surface area contributed by atoms with Crippen LogP contribution in [0.1, 0.15) is 37.7 Å². The molecule has 7 nitrogen and oxygen atoms in total. The molecule has 0 unspecified atom stereocenters. The molecule has 1 aliphatic carbocycles. The highest BCUT2D eigenvalue weighted by molar-refractivity contribution is 7.22. The van der Waals surface area contributed by atoms with Crippen LogP contribution in [0.4, 0.5) is 9.52 Å². The first kappa shape index (κ1) is 25.8. The van der Waals surface area contributed by atoms with Gasteiger partial charge in [0.1, 0.15) is 24.7 Å². The predicted octanol–water partition coefficient (Wildman–Crippen LogP) is 4.37. The molecule has 0 radical (unpaired) electrons. The third-order valence-corrected chi connectivity index (χ3v) is 6.93. The molecule has 1 saturated carbocycles. The SMILES string of the molecule is CN(Cc1cncnc1)c1nc2cc(F)ccc2s1.CN1CCC(C=O)CC1.O=CCC1CC1. The van der Waals surface area contributed by atoms with Gasteiger partial charge < -0.3 is 19.4 Å². The van der Waals surface area contributed by atoms with Crippen molar-refractivity contribution in [1.29, 1.82) is 0 Å². The van der Waals surface area contributed by atoms with Gasteiger partial charge in [0, 0.05) is 50.0 Å². The van der Waals surface area contributed by atoms with E-state index < -0.39 is 0 Å². The molecule has 9 heteroatoms. The Morgan fingerprint density at radius 3 is 2.44 bits per heavy atom. The number of rotatable bonds is 6. The van der Waals surface area contributed by atoms with Crippen LogP contribution >= 0.6 is 11.3 Å². The van der Waals surface area contributed by atoms with Gasteiger partial charge in [-0.2, -0.15) is 0 Å². The van der Waals surface area contributed by atoms with Crippen LogP contribution in [-0.2, 0) is 16.1 Å². The number of halogens is 1. The predicted molar refractivity (Wildman–Crippen MR) is 133 cm³/mol. The molecule has 1 aliphatic heterocycles. The summed E-state index contributed by atoms with van der Waals surface area (Å²) in [7, 11) is 4.04. The Kier molecular flexibility index (Phi) is 10.0. The Hall–Kier alpha value is -2.78. The molecule has 2 aromatic heterocycles. The lowest BCUT2D eigenvalue weighted by Gasteiger charge is -2.25. The van der Waals surface area contributed by atoms with Crippen LogP contribution in [0, 0.1) is 17.7 Å². The highest BCUT2D eigenvalue weighted by Crippen LogP contribution is 2.31. The summed E-state index contributed by atoms with van der Waals surface area (Å²) in [6.07, 6.45) is 12.7. The number of aldehydes is 2. The fourth-order valence-corrected chi connectivity index (χ4v) is 4.37. The first-order valence-electron chi connectivity index (χ1n) is 11.6. The standard InChI is InChI=1S/C13H11FN4S.C7H13NO.C5H8O/c1-18(7-9-5-15-8-16-6-9)13-17-11-4-10(14)2-3-12(11)19-13;1-8-4-2-7(6-9)3-5-8;6-4-3-5-1-2-5/h2-6,8H,7H2,1H3;6-7H,2-5H2,1H3;4-5H,1-3H2. The number of anilines is 1. The average Bonchev–Trinajstić information content (AvgIpc) is 3.57. The van der Waals surface area contributed by atoms with E-state index in [4.69, 9.17) is 0 Å². The van der Waals surface area contributed by atoms with E-state index in [0.29, 0.717) is 18.0 Å². The second-order valence-electron chi connectivity index (χ2n) is 8.83. The fourth-order valence-electron chi connectivity index (χ4n) is 3.46. The molecule has 0 N–H and O–H groups in total. The van der Waals surface area contributed by atoms with Crippen molar-refractivity contribution in [1.82, 2.24) is 19.9 Å². The molecule has 1 aromatic carbocycles. The Balaban J connectivity index is 0.000000178. The average molecular weight is 486 g/mol. The van der Waals surface area contributed by atoms with Crippen molar-refractivity contribution in [3.63, 3.8) is 0 Å². The molecule has 34 heavy (non-hydrogen) atoms. The van der Waals surface area contributed by atoms with E-state index >= 15 is 0 Å². The van der Waals surface area contributed by atoms with E-state index in [9.17, 15) is 14.0 Å². The normalized spacial score (nSPS) is 16.1.